The Bertz CT molecular complexity index is 687. The monoisotopic (exact) mass is 300 g/mol. The van der Waals surface area contributed by atoms with Gasteiger partial charge in [-0.2, -0.15) is 0 Å². The Balaban J connectivity index is 1.61. The van der Waals surface area contributed by atoms with Gasteiger partial charge in [0.15, 0.2) is 4.96 Å². The molecule has 3 rings (SSSR count). The van der Waals surface area contributed by atoms with Crippen molar-refractivity contribution >= 4 is 16.3 Å². The molecule has 1 unspecified atom stereocenters. The van der Waals surface area contributed by atoms with Crippen LogP contribution in [0.1, 0.15) is 23.2 Å². The number of hydrogen-bond donors (Lipinski definition) is 2. The van der Waals surface area contributed by atoms with Gasteiger partial charge in [-0.1, -0.05) is 29.8 Å². The molecule has 0 aliphatic carbocycles. The van der Waals surface area contributed by atoms with Crippen molar-refractivity contribution < 1.29 is 0 Å². The van der Waals surface area contributed by atoms with Crippen LogP contribution in [0.15, 0.2) is 42.0 Å². The van der Waals surface area contributed by atoms with Crippen molar-refractivity contribution in [1.82, 2.24) is 14.8 Å². The van der Waals surface area contributed by atoms with Crippen LogP contribution in [0, 0.1) is 6.92 Å². The molecular weight excluding hydrogens is 280 g/mol. The zero-order chi connectivity index (χ0) is 14.7. The first-order chi connectivity index (χ1) is 10.2. The zero-order valence-corrected chi connectivity index (χ0v) is 12.9. The molecule has 4 nitrogen and oxygen atoms in total. The van der Waals surface area contributed by atoms with Crippen molar-refractivity contribution in [2.75, 3.05) is 0 Å². The first kappa shape index (κ1) is 14.3. The molecule has 1 aromatic carbocycles. The molecule has 2 aromatic heterocycles. The third kappa shape index (κ3) is 3.50. The van der Waals surface area contributed by atoms with Gasteiger partial charge in [0.2, 0.25) is 0 Å². The van der Waals surface area contributed by atoms with Crippen molar-refractivity contribution in [3.05, 3.63) is 58.9 Å². The number of hydrogen-bond acceptors (Lipinski definition) is 4. The molecule has 3 aromatic rings. The molecule has 0 aliphatic heterocycles. The fraction of sp³-hybridized carbons (Fsp3) is 0.312. The molecule has 0 bridgehead atoms. The van der Waals surface area contributed by atoms with Gasteiger partial charge in [0, 0.05) is 30.2 Å². The van der Waals surface area contributed by atoms with E-state index < -0.39 is 0 Å². The van der Waals surface area contributed by atoms with E-state index in [1.165, 1.54) is 11.1 Å². The fourth-order valence-corrected chi connectivity index (χ4v) is 3.30. The van der Waals surface area contributed by atoms with E-state index in [0.717, 1.165) is 29.9 Å². The highest BCUT2D eigenvalue weighted by Crippen LogP contribution is 2.14. The molecule has 0 spiro atoms. The van der Waals surface area contributed by atoms with E-state index in [9.17, 15) is 0 Å². The molecule has 2 heterocycles. The smallest absolute Gasteiger partial charge is 0.193 e. The second kappa shape index (κ2) is 6.39. The van der Waals surface area contributed by atoms with Crippen LogP contribution in [0.5, 0.6) is 0 Å². The molecule has 110 valence electrons. The van der Waals surface area contributed by atoms with Gasteiger partial charge in [0.1, 0.15) is 0 Å². The predicted octanol–water partition coefficient (Wildman–Crippen LogP) is 2.71. The van der Waals surface area contributed by atoms with Gasteiger partial charge in [-0.15, -0.1) is 11.3 Å². The summed E-state index contributed by atoms with van der Waals surface area (Å²) < 4.78 is 2.06. The SMILES string of the molecule is Cc1cccc(CCC(Cc2cn3ccsc3n2)NN)c1. The highest BCUT2D eigenvalue weighted by Gasteiger charge is 2.11. The lowest BCUT2D eigenvalue weighted by Gasteiger charge is -2.14. The lowest BCUT2D eigenvalue weighted by atomic mass is 10.0. The molecule has 0 radical (unpaired) electrons. The number of thiazole rings is 1. The second-order valence-corrected chi connectivity index (χ2v) is 6.29. The van der Waals surface area contributed by atoms with Crippen LogP contribution < -0.4 is 11.3 Å². The molecule has 0 fully saturated rings. The Morgan fingerprint density at radius 2 is 2.33 bits per heavy atom. The molecule has 0 amide bonds. The molecular formula is C16H20N4S. The number of rotatable bonds is 6. The number of fused-ring (bicyclic) bond motifs is 1. The number of hydrazine groups is 1. The molecule has 21 heavy (non-hydrogen) atoms. The summed E-state index contributed by atoms with van der Waals surface area (Å²) in [6.07, 6.45) is 7.01. The van der Waals surface area contributed by atoms with Gasteiger partial charge >= 0.3 is 0 Å². The van der Waals surface area contributed by atoms with E-state index in [1.807, 2.05) is 11.6 Å². The van der Waals surface area contributed by atoms with E-state index in [0.29, 0.717) is 0 Å². The van der Waals surface area contributed by atoms with E-state index in [2.05, 4.69) is 52.2 Å². The largest absolute Gasteiger partial charge is 0.297 e. The summed E-state index contributed by atoms with van der Waals surface area (Å²) in [5.74, 6) is 5.70. The van der Waals surface area contributed by atoms with Crippen LogP contribution in [0.2, 0.25) is 0 Å². The summed E-state index contributed by atoms with van der Waals surface area (Å²) >= 11 is 1.65. The summed E-state index contributed by atoms with van der Waals surface area (Å²) in [5.41, 5.74) is 6.68. The highest BCUT2D eigenvalue weighted by molar-refractivity contribution is 7.15. The minimum atomic E-state index is 0.245. The van der Waals surface area contributed by atoms with E-state index >= 15 is 0 Å². The first-order valence-electron chi connectivity index (χ1n) is 7.17. The average Bonchev–Trinajstić information content (AvgIpc) is 3.04. The Hall–Kier alpha value is -1.69. The van der Waals surface area contributed by atoms with Gasteiger partial charge < -0.3 is 0 Å². The maximum absolute atomic E-state index is 5.70. The van der Waals surface area contributed by atoms with Crippen molar-refractivity contribution in [2.24, 2.45) is 5.84 Å². The summed E-state index contributed by atoms with van der Waals surface area (Å²) in [4.78, 5) is 5.66. The number of imidazole rings is 1. The number of aromatic nitrogens is 2. The minimum absolute atomic E-state index is 0.245. The maximum atomic E-state index is 5.70. The standard InChI is InChI=1S/C16H20N4S/c1-12-3-2-4-13(9-12)5-6-14(19-17)10-15-11-20-7-8-21-16(20)18-15/h2-4,7-9,11,14,19H,5-6,10,17H2,1H3. The van der Waals surface area contributed by atoms with Crippen molar-refractivity contribution in [3.8, 4) is 0 Å². The van der Waals surface area contributed by atoms with Crippen LogP contribution in [-0.2, 0) is 12.8 Å². The molecule has 5 heteroatoms. The maximum Gasteiger partial charge on any atom is 0.193 e. The van der Waals surface area contributed by atoms with Gasteiger partial charge in [-0.25, -0.2) is 4.98 Å². The van der Waals surface area contributed by atoms with Gasteiger partial charge in [0.05, 0.1) is 5.69 Å². The predicted molar refractivity (Wildman–Crippen MR) is 87.4 cm³/mol. The van der Waals surface area contributed by atoms with Gasteiger partial charge in [0.25, 0.3) is 0 Å². The number of nitrogens with two attached hydrogens (primary N) is 1. The summed E-state index contributed by atoms with van der Waals surface area (Å²) in [6, 6.07) is 8.89. The van der Waals surface area contributed by atoms with Crippen LogP contribution in [0.25, 0.3) is 4.96 Å². The van der Waals surface area contributed by atoms with Crippen LogP contribution in [0.4, 0.5) is 0 Å². The summed E-state index contributed by atoms with van der Waals surface area (Å²) in [6.45, 7) is 2.12. The van der Waals surface area contributed by atoms with E-state index in [1.54, 1.807) is 11.3 Å². The third-order valence-corrected chi connectivity index (χ3v) is 4.47. The van der Waals surface area contributed by atoms with Gasteiger partial charge in [-0.05, 0) is 25.3 Å². The average molecular weight is 300 g/mol. The zero-order valence-electron chi connectivity index (χ0n) is 12.1. The Labute approximate surface area is 128 Å². The molecule has 0 aliphatic rings. The first-order valence-corrected chi connectivity index (χ1v) is 8.05. The van der Waals surface area contributed by atoms with Crippen LogP contribution in [-0.4, -0.2) is 15.4 Å². The van der Waals surface area contributed by atoms with Gasteiger partial charge in [-0.3, -0.25) is 15.7 Å². The lowest BCUT2D eigenvalue weighted by Crippen LogP contribution is -2.37. The Kier molecular flexibility index (Phi) is 4.34. The van der Waals surface area contributed by atoms with Crippen molar-refractivity contribution in [3.63, 3.8) is 0 Å². The van der Waals surface area contributed by atoms with Crippen molar-refractivity contribution in [2.45, 2.75) is 32.2 Å². The fourth-order valence-electron chi connectivity index (χ4n) is 2.58. The normalized spacial score (nSPS) is 12.9. The minimum Gasteiger partial charge on any atom is -0.297 e. The Morgan fingerprint density at radius 3 is 3.10 bits per heavy atom. The van der Waals surface area contributed by atoms with E-state index in [-0.39, 0.29) is 6.04 Å². The molecule has 0 saturated heterocycles. The second-order valence-electron chi connectivity index (χ2n) is 5.42. The topological polar surface area (TPSA) is 55.3 Å². The van der Waals surface area contributed by atoms with Crippen LogP contribution >= 0.6 is 11.3 Å². The lowest BCUT2D eigenvalue weighted by molar-refractivity contribution is 0.488. The number of benzene rings is 1. The van der Waals surface area contributed by atoms with Crippen molar-refractivity contribution in [1.29, 1.82) is 0 Å². The Morgan fingerprint density at radius 1 is 1.43 bits per heavy atom. The molecule has 0 saturated carbocycles. The number of nitrogens with one attached hydrogen (secondary N) is 1. The number of aryl methyl sites for hydroxylation is 2. The third-order valence-electron chi connectivity index (χ3n) is 3.70. The summed E-state index contributed by atoms with van der Waals surface area (Å²) in [7, 11) is 0. The summed E-state index contributed by atoms with van der Waals surface area (Å²) in [5, 5.41) is 2.04. The highest BCUT2D eigenvalue weighted by atomic mass is 32.1. The molecule has 3 N–H and O–H groups in total. The van der Waals surface area contributed by atoms with Crippen LogP contribution in [0.3, 0.4) is 0 Å². The van der Waals surface area contributed by atoms with E-state index in [4.69, 9.17) is 5.84 Å². The quantitative estimate of drug-likeness (QED) is 0.543. The molecule has 1 atom stereocenters. The number of nitrogens with zero attached hydrogens (tertiary/aromatic N) is 2.